The largest absolute Gasteiger partial charge is 0.493 e. The van der Waals surface area contributed by atoms with Crippen molar-refractivity contribution in [3.63, 3.8) is 0 Å². The molecule has 7 nitrogen and oxygen atoms in total. The lowest BCUT2D eigenvalue weighted by Gasteiger charge is -2.37. The van der Waals surface area contributed by atoms with Gasteiger partial charge in [0, 0.05) is 17.6 Å². The summed E-state index contributed by atoms with van der Waals surface area (Å²) in [7, 11) is 3.21. The van der Waals surface area contributed by atoms with E-state index in [2.05, 4.69) is 6.92 Å². The van der Waals surface area contributed by atoms with Crippen molar-refractivity contribution < 1.29 is 23.5 Å². The highest BCUT2D eigenvalue weighted by atomic mass is 16.5. The number of nitrogens with zero attached hydrogens (tertiary/aromatic N) is 2. The Morgan fingerprint density at radius 1 is 0.875 bits per heavy atom. The molecule has 2 aromatic carbocycles. The van der Waals surface area contributed by atoms with Crippen LogP contribution in [0.3, 0.4) is 0 Å². The summed E-state index contributed by atoms with van der Waals surface area (Å²) in [5, 5.41) is 0. The van der Waals surface area contributed by atoms with Crippen molar-refractivity contribution >= 4 is 11.8 Å². The third kappa shape index (κ3) is 8.63. The van der Waals surface area contributed by atoms with Crippen LogP contribution in [0.25, 0.3) is 0 Å². The molecular formula is C33H44N2O5. The molecule has 0 aliphatic rings. The predicted octanol–water partition coefficient (Wildman–Crippen LogP) is 6.54. The maximum absolute atomic E-state index is 13.8. The molecule has 0 aliphatic heterocycles. The molecule has 2 amide bonds. The SMILES string of the molecule is CCCCCc1ccc(C(=O)N(CC(=O)N(CCc2ccc(OC)c(OC)c2)Cc2ccco2)C(C)(C)C)cc1. The number of hydrogen-bond donors (Lipinski definition) is 0. The van der Waals surface area contributed by atoms with E-state index in [9.17, 15) is 9.59 Å². The molecule has 0 N–H and O–H groups in total. The molecule has 0 aliphatic carbocycles. The maximum Gasteiger partial charge on any atom is 0.254 e. The Hall–Kier alpha value is -3.74. The minimum absolute atomic E-state index is 0.0345. The maximum atomic E-state index is 13.8. The molecule has 1 aromatic heterocycles. The van der Waals surface area contributed by atoms with Crippen LogP contribution in [-0.2, 0) is 24.2 Å². The van der Waals surface area contributed by atoms with Crippen molar-refractivity contribution in [2.75, 3.05) is 27.3 Å². The summed E-state index contributed by atoms with van der Waals surface area (Å²) in [5.74, 6) is 1.69. The van der Waals surface area contributed by atoms with E-state index in [0.29, 0.717) is 42.3 Å². The van der Waals surface area contributed by atoms with Gasteiger partial charge in [0.25, 0.3) is 5.91 Å². The zero-order valence-electron chi connectivity index (χ0n) is 24.9. The normalized spacial score (nSPS) is 11.2. The molecule has 0 unspecified atom stereocenters. The highest BCUT2D eigenvalue weighted by Gasteiger charge is 2.31. The van der Waals surface area contributed by atoms with Gasteiger partial charge in [0.15, 0.2) is 11.5 Å². The van der Waals surface area contributed by atoms with Gasteiger partial charge in [-0.1, -0.05) is 38.0 Å². The smallest absolute Gasteiger partial charge is 0.254 e. The number of rotatable bonds is 14. The molecule has 0 radical (unpaired) electrons. The van der Waals surface area contributed by atoms with Crippen LogP contribution in [0.4, 0.5) is 0 Å². The fourth-order valence-corrected chi connectivity index (χ4v) is 4.58. The Bertz CT molecular complexity index is 1210. The number of carbonyl (C=O) groups excluding carboxylic acids is 2. The van der Waals surface area contributed by atoms with Crippen molar-refractivity contribution in [1.29, 1.82) is 0 Å². The van der Waals surface area contributed by atoms with E-state index in [0.717, 1.165) is 18.4 Å². The third-order valence-corrected chi connectivity index (χ3v) is 7.02. The molecule has 0 fully saturated rings. The van der Waals surface area contributed by atoms with Gasteiger partial charge in [-0.3, -0.25) is 9.59 Å². The Morgan fingerprint density at radius 3 is 2.17 bits per heavy atom. The molecule has 7 heteroatoms. The van der Waals surface area contributed by atoms with Crippen molar-refractivity contribution in [2.45, 2.75) is 71.9 Å². The summed E-state index contributed by atoms with van der Waals surface area (Å²) >= 11 is 0. The second kappa shape index (κ2) is 14.6. The molecule has 1 heterocycles. The monoisotopic (exact) mass is 548 g/mol. The summed E-state index contributed by atoms with van der Waals surface area (Å²) in [6, 6.07) is 17.2. The van der Waals surface area contributed by atoms with Gasteiger partial charge in [0.2, 0.25) is 5.91 Å². The molecule has 216 valence electrons. The number of aryl methyl sites for hydroxylation is 1. The quantitative estimate of drug-likeness (QED) is 0.214. The van der Waals surface area contributed by atoms with E-state index in [1.54, 1.807) is 30.3 Å². The molecule has 0 saturated carbocycles. The summed E-state index contributed by atoms with van der Waals surface area (Å²) in [5.41, 5.74) is 2.28. The molecule has 0 bridgehead atoms. The first-order valence-electron chi connectivity index (χ1n) is 14.1. The summed E-state index contributed by atoms with van der Waals surface area (Å²) < 4.78 is 16.3. The van der Waals surface area contributed by atoms with Gasteiger partial charge in [-0.05, 0) is 87.6 Å². The fourth-order valence-electron chi connectivity index (χ4n) is 4.58. The fraction of sp³-hybridized carbons (Fsp3) is 0.455. The number of ether oxygens (including phenoxy) is 2. The summed E-state index contributed by atoms with van der Waals surface area (Å²) in [4.78, 5) is 30.8. The minimum Gasteiger partial charge on any atom is -0.493 e. The zero-order chi connectivity index (χ0) is 29.1. The van der Waals surface area contributed by atoms with Crippen LogP contribution in [0.15, 0.2) is 65.3 Å². The number of unbranched alkanes of at least 4 members (excludes halogenated alkanes) is 2. The second-order valence-corrected chi connectivity index (χ2v) is 11.1. The van der Waals surface area contributed by atoms with Gasteiger partial charge in [-0.25, -0.2) is 0 Å². The van der Waals surface area contributed by atoms with Crippen LogP contribution in [0, 0.1) is 0 Å². The average Bonchev–Trinajstić information content (AvgIpc) is 3.46. The molecular weight excluding hydrogens is 504 g/mol. The van der Waals surface area contributed by atoms with Crippen molar-refractivity contribution in [3.8, 4) is 11.5 Å². The lowest BCUT2D eigenvalue weighted by Crippen LogP contribution is -2.51. The number of furan rings is 1. The zero-order valence-corrected chi connectivity index (χ0v) is 24.9. The predicted molar refractivity (Wildman–Crippen MR) is 158 cm³/mol. The van der Waals surface area contributed by atoms with E-state index >= 15 is 0 Å². The Kier molecular flexibility index (Phi) is 11.2. The average molecular weight is 549 g/mol. The molecule has 40 heavy (non-hydrogen) atoms. The van der Waals surface area contributed by atoms with Crippen LogP contribution in [0.5, 0.6) is 11.5 Å². The Morgan fingerprint density at radius 2 is 1.57 bits per heavy atom. The Balaban J connectivity index is 1.77. The number of hydrogen-bond acceptors (Lipinski definition) is 5. The number of carbonyl (C=O) groups is 2. The van der Waals surface area contributed by atoms with E-state index in [1.165, 1.54) is 18.4 Å². The molecule has 0 atom stereocenters. The van der Waals surface area contributed by atoms with Crippen LogP contribution in [-0.4, -0.2) is 54.5 Å². The molecule has 0 spiro atoms. The van der Waals surface area contributed by atoms with Crippen LogP contribution < -0.4 is 9.47 Å². The van der Waals surface area contributed by atoms with Crippen molar-refractivity contribution in [3.05, 3.63) is 83.3 Å². The highest BCUT2D eigenvalue weighted by Crippen LogP contribution is 2.28. The standard InChI is InChI=1S/C33H44N2O5/c1-7-8-9-11-25-13-16-27(17-14-25)32(37)35(33(2,3)4)24-31(36)34(23-28-12-10-21-40-28)20-19-26-15-18-29(38-5)30(22-26)39-6/h10,12-18,21-22H,7-9,11,19-20,23-24H2,1-6H3. The number of amides is 2. The first-order valence-corrected chi connectivity index (χ1v) is 14.1. The number of benzene rings is 2. The third-order valence-electron chi connectivity index (χ3n) is 7.02. The van der Waals surface area contributed by atoms with Crippen molar-refractivity contribution in [1.82, 2.24) is 9.80 Å². The van der Waals surface area contributed by atoms with Gasteiger partial charge in [0.05, 0.1) is 27.0 Å². The molecule has 3 rings (SSSR count). The lowest BCUT2D eigenvalue weighted by molar-refractivity contribution is -0.133. The first-order chi connectivity index (χ1) is 19.2. The highest BCUT2D eigenvalue weighted by molar-refractivity contribution is 5.97. The number of methoxy groups -OCH3 is 2. The second-order valence-electron chi connectivity index (χ2n) is 11.1. The molecule has 0 saturated heterocycles. The van der Waals surface area contributed by atoms with E-state index in [-0.39, 0.29) is 18.4 Å². The minimum atomic E-state index is -0.549. The topological polar surface area (TPSA) is 72.2 Å². The van der Waals surface area contributed by atoms with Gasteiger partial charge < -0.3 is 23.7 Å². The van der Waals surface area contributed by atoms with Gasteiger partial charge in [-0.2, -0.15) is 0 Å². The lowest BCUT2D eigenvalue weighted by atomic mass is 10.0. The Labute approximate surface area is 239 Å². The summed E-state index contributed by atoms with van der Waals surface area (Å²) in [6.45, 7) is 8.79. The van der Waals surface area contributed by atoms with E-state index < -0.39 is 5.54 Å². The van der Waals surface area contributed by atoms with E-state index in [1.807, 2.05) is 75.4 Å². The van der Waals surface area contributed by atoms with Crippen molar-refractivity contribution in [2.24, 2.45) is 0 Å². The first kappa shape index (κ1) is 30.8. The molecule has 3 aromatic rings. The van der Waals surface area contributed by atoms with E-state index in [4.69, 9.17) is 13.9 Å². The summed E-state index contributed by atoms with van der Waals surface area (Å²) in [6.07, 6.45) is 6.73. The van der Waals surface area contributed by atoms with Crippen LogP contribution in [0.1, 0.15) is 74.2 Å². The van der Waals surface area contributed by atoms with Gasteiger partial charge >= 0.3 is 0 Å². The van der Waals surface area contributed by atoms with Crippen LogP contribution >= 0.6 is 0 Å². The van der Waals surface area contributed by atoms with Gasteiger partial charge in [-0.15, -0.1) is 0 Å². The van der Waals surface area contributed by atoms with Gasteiger partial charge in [0.1, 0.15) is 12.3 Å². The van der Waals surface area contributed by atoms with Crippen LogP contribution in [0.2, 0.25) is 0 Å².